The first kappa shape index (κ1) is 23.1. The van der Waals surface area contributed by atoms with E-state index in [-0.39, 0.29) is 17.7 Å². The van der Waals surface area contributed by atoms with Gasteiger partial charge in [0.05, 0.1) is 20.1 Å². The lowest BCUT2D eigenvalue weighted by Gasteiger charge is -2.36. The van der Waals surface area contributed by atoms with Gasteiger partial charge in [0.2, 0.25) is 11.8 Å². The third-order valence-corrected chi connectivity index (χ3v) is 6.62. The maximum Gasteiger partial charge on any atom is 0.228 e. The predicted octanol–water partition coefficient (Wildman–Crippen LogP) is 2.44. The number of carbonyl (C=O) groups excluding carboxylic acids is 2. The van der Waals surface area contributed by atoms with Gasteiger partial charge in [0.15, 0.2) is 11.5 Å². The van der Waals surface area contributed by atoms with E-state index in [0.29, 0.717) is 37.4 Å². The van der Waals surface area contributed by atoms with E-state index < -0.39 is 0 Å². The number of amides is 2. The Morgan fingerprint density at radius 2 is 1.67 bits per heavy atom. The molecule has 7 heteroatoms. The van der Waals surface area contributed by atoms with Crippen LogP contribution in [0.1, 0.15) is 17.5 Å². The molecule has 2 heterocycles. The highest BCUT2D eigenvalue weighted by atomic mass is 16.5. The first-order valence-corrected chi connectivity index (χ1v) is 11.6. The van der Waals surface area contributed by atoms with Crippen LogP contribution in [0.15, 0.2) is 48.5 Å². The van der Waals surface area contributed by atoms with Crippen LogP contribution < -0.4 is 9.47 Å². The maximum absolute atomic E-state index is 13.1. The lowest BCUT2D eigenvalue weighted by Crippen LogP contribution is -2.50. The van der Waals surface area contributed by atoms with Gasteiger partial charge in [-0.25, -0.2) is 0 Å². The first-order chi connectivity index (χ1) is 16.1. The molecule has 2 saturated heterocycles. The summed E-state index contributed by atoms with van der Waals surface area (Å²) in [7, 11) is 3.23. The lowest BCUT2D eigenvalue weighted by atomic mass is 10.1. The van der Waals surface area contributed by atoms with Gasteiger partial charge in [-0.3, -0.25) is 14.5 Å². The Bertz CT molecular complexity index is 957. The molecule has 0 unspecified atom stereocenters. The molecule has 2 aromatic carbocycles. The number of hydrogen-bond donors (Lipinski definition) is 0. The second-order valence-electron chi connectivity index (χ2n) is 8.77. The molecule has 0 radical (unpaired) electrons. The summed E-state index contributed by atoms with van der Waals surface area (Å²) in [6.07, 6.45) is 1.03. The number of carbonyl (C=O) groups is 2. The summed E-state index contributed by atoms with van der Waals surface area (Å²) in [6.45, 7) is 5.20. The molecular formula is C26H33N3O4. The summed E-state index contributed by atoms with van der Waals surface area (Å²) in [5.74, 6) is 1.33. The number of ether oxygens (including phenoxy) is 2. The molecule has 2 aromatic rings. The van der Waals surface area contributed by atoms with Crippen LogP contribution in [0.25, 0.3) is 0 Å². The van der Waals surface area contributed by atoms with Crippen LogP contribution in [0.4, 0.5) is 0 Å². The van der Waals surface area contributed by atoms with Gasteiger partial charge < -0.3 is 19.3 Å². The minimum atomic E-state index is -0.233. The largest absolute Gasteiger partial charge is 0.493 e. The molecule has 0 N–H and O–H groups in total. The number of piperazine rings is 1. The van der Waals surface area contributed by atoms with Crippen molar-refractivity contribution in [2.24, 2.45) is 5.92 Å². The molecule has 2 aliphatic heterocycles. The highest BCUT2D eigenvalue weighted by Gasteiger charge is 2.37. The van der Waals surface area contributed by atoms with Gasteiger partial charge in [-0.05, 0) is 29.7 Å². The van der Waals surface area contributed by atoms with Crippen molar-refractivity contribution in [1.82, 2.24) is 14.7 Å². The highest BCUT2D eigenvalue weighted by Crippen LogP contribution is 2.28. The van der Waals surface area contributed by atoms with Crippen molar-refractivity contribution in [2.75, 3.05) is 53.5 Å². The van der Waals surface area contributed by atoms with E-state index in [4.69, 9.17) is 9.47 Å². The second kappa shape index (κ2) is 10.7. The van der Waals surface area contributed by atoms with E-state index in [1.807, 2.05) is 34.1 Å². The molecule has 0 saturated carbocycles. The molecule has 176 valence electrons. The van der Waals surface area contributed by atoms with E-state index in [1.165, 1.54) is 5.56 Å². The molecule has 2 amide bonds. The summed E-state index contributed by atoms with van der Waals surface area (Å²) in [5.41, 5.74) is 2.37. The standard InChI is InChI=1S/C26H33N3O4/c1-32-23-9-8-20(16-24(23)33-2)10-11-29-19-22(17-25(29)30)26(31)28-14-12-27(13-15-28)18-21-6-4-3-5-7-21/h3-9,16,22H,10-15,17-19H2,1-2H3/t22-/m0/s1. The van der Waals surface area contributed by atoms with Gasteiger partial charge in [0.1, 0.15) is 0 Å². The van der Waals surface area contributed by atoms with Crippen LogP contribution in [-0.4, -0.2) is 80.0 Å². The van der Waals surface area contributed by atoms with Crippen molar-refractivity contribution in [3.05, 3.63) is 59.7 Å². The number of methoxy groups -OCH3 is 2. The minimum absolute atomic E-state index is 0.0662. The average molecular weight is 452 g/mol. The Kier molecular flexibility index (Phi) is 7.50. The smallest absolute Gasteiger partial charge is 0.228 e. The zero-order valence-electron chi connectivity index (χ0n) is 19.5. The maximum atomic E-state index is 13.1. The van der Waals surface area contributed by atoms with Crippen molar-refractivity contribution in [1.29, 1.82) is 0 Å². The van der Waals surface area contributed by atoms with Crippen LogP contribution in [0.3, 0.4) is 0 Å². The number of hydrogen-bond acceptors (Lipinski definition) is 5. The van der Waals surface area contributed by atoms with Crippen molar-refractivity contribution >= 4 is 11.8 Å². The molecule has 33 heavy (non-hydrogen) atoms. The third kappa shape index (κ3) is 5.66. The highest BCUT2D eigenvalue weighted by molar-refractivity contribution is 5.89. The van der Waals surface area contributed by atoms with E-state index in [2.05, 4.69) is 29.2 Å². The van der Waals surface area contributed by atoms with Crippen LogP contribution in [0.2, 0.25) is 0 Å². The number of likely N-dealkylation sites (tertiary alicyclic amines) is 1. The summed E-state index contributed by atoms with van der Waals surface area (Å²) in [4.78, 5) is 31.8. The van der Waals surface area contributed by atoms with Crippen molar-refractivity contribution in [3.63, 3.8) is 0 Å². The number of rotatable bonds is 8. The second-order valence-corrected chi connectivity index (χ2v) is 8.77. The van der Waals surface area contributed by atoms with Crippen LogP contribution >= 0.6 is 0 Å². The molecule has 2 aliphatic rings. The molecular weight excluding hydrogens is 418 g/mol. The fourth-order valence-corrected chi connectivity index (χ4v) is 4.68. The fourth-order valence-electron chi connectivity index (χ4n) is 4.68. The minimum Gasteiger partial charge on any atom is -0.493 e. The zero-order chi connectivity index (χ0) is 23.2. The summed E-state index contributed by atoms with van der Waals surface area (Å²) < 4.78 is 10.7. The molecule has 0 bridgehead atoms. The fraction of sp³-hybridized carbons (Fsp3) is 0.462. The topological polar surface area (TPSA) is 62.3 Å². The lowest BCUT2D eigenvalue weighted by molar-refractivity contribution is -0.137. The molecule has 4 rings (SSSR count). The van der Waals surface area contributed by atoms with Gasteiger partial charge in [-0.2, -0.15) is 0 Å². The molecule has 0 aliphatic carbocycles. The van der Waals surface area contributed by atoms with Gasteiger partial charge >= 0.3 is 0 Å². The zero-order valence-corrected chi connectivity index (χ0v) is 19.5. The Morgan fingerprint density at radius 1 is 0.939 bits per heavy atom. The van der Waals surface area contributed by atoms with Crippen LogP contribution in [0.5, 0.6) is 11.5 Å². The van der Waals surface area contributed by atoms with E-state index in [9.17, 15) is 9.59 Å². The quantitative estimate of drug-likeness (QED) is 0.617. The summed E-state index contributed by atoms with van der Waals surface area (Å²) >= 11 is 0. The summed E-state index contributed by atoms with van der Waals surface area (Å²) in [6, 6.07) is 16.2. The van der Waals surface area contributed by atoms with Gasteiger partial charge in [0.25, 0.3) is 0 Å². The average Bonchev–Trinajstić information content (AvgIpc) is 3.23. The number of nitrogens with zero attached hydrogens (tertiary/aromatic N) is 3. The van der Waals surface area contributed by atoms with Gasteiger partial charge in [-0.15, -0.1) is 0 Å². The SMILES string of the molecule is COc1ccc(CCN2C[C@@H](C(=O)N3CCN(Cc4ccccc4)CC3)CC2=O)cc1OC. The molecule has 0 aromatic heterocycles. The molecule has 2 fully saturated rings. The van der Waals surface area contributed by atoms with E-state index in [1.54, 1.807) is 14.2 Å². The number of benzene rings is 2. The van der Waals surface area contributed by atoms with E-state index >= 15 is 0 Å². The molecule has 0 spiro atoms. The summed E-state index contributed by atoms with van der Waals surface area (Å²) in [5, 5.41) is 0. The predicted molar refractivity (Wildman–Crippen MR) is 126 cm³/mol. The Morgan fingerprint density at radius 3 is 2.36 bits per heavy atom. The third-order valence-electron chi connectivity index (χ3n) is 6.62. The Labute approximate surface area is 195 Å². The van der Waals surface area contributed by atoms with Gasteiger partial charge in [-0.1, -0.05) is 36.4 Å². The van der Waals surface area contributed by atoms with Gasteiger partial charge in [0, 0.05) is 52.2 Å². The first-order valence-electron chi connectivity index (χ1n) is 11.6. The monoisotopic (exact) mass is 451 g/mol. The van der Waals surface area contributed by atoms with Crippen LogP contribution in [-0.2, 0) is 22.6 Å². The normalized spacial score (nSPS) is 19.1. The van der Waals surface area contributed by atoms with Crippen molar-refractivity contribution in [2.45, 2.75) is 19.4 Å². The van der Waals surface area contributed by atoms with Crippen LogP contribution in [0, 0.1) is 5.92 Å². The Balaban J connectivity index is 1.25. The Hall–Kier alpha value is -3.06. The van der Waals surface area contributed by atoms with Crippen molar-refractivity contribution < 1.29 is 19.1 Å². The molecule has 7 nitrogen and oxygen atoms in total. The molecule has 1 atom stereocenters. The van der Waals surface area contributed by atoms with Crippen molar-refractivity contribution in [3.8, 4) is 11.5 Å². The van der Waals surface area contributed by atoms with E-state index in [0.717, 1.165) is 38.3 Å².